The molecule has 0 amide bonds. The number of esters is 1. The molecule has 0 saturated heterocycles. The zero-order chi connectivity index (χ0) is 13.8. The third-order valence-corrected chi connectivity index (χ3v) is 3.10. The normalized spacial score (nSPS) is 13.9. The highest BCUT2D eigenvalue weighted by Gasteiger charge is 2.16. The third-order valence-electron chi connectivity index (χ3n) is 3.10. The molecule has 0 aliphatic rings. The minimum Gasteiger partial charge on any atom is -0.459 e. The Morgan fingerprint density at radius 2 is 2.06 bits per heavy atom. The Morgan fingerprint density at radius 3 is 2.61 bits per heavy atom. The highest BCUT2D eigenvalue weighted by Crippen LogP contribution is 2.19. The van der Waals surface area contributed by atoms with E-state index in [0.29, 0.717) is 5.92 Å². The van der Waals surface area contributed by atoms with Crippen molar-refractivity contribution in [1.29, 1.82) is 0 Å². The number of rotatable bonds is 11. The van der Waals surface area contributed by atoms with Crippen LogP contribution >= 0.6 is 0 Å². The molecule has 106 valence electrons. The Morgan fingerprint density at radius 1 is 1.33 bits per heavy atom. The van der Waals surface area contributed by atoms with Crippen LogP contribution in [0.4, 0.5) is 0 Å². The summed E-state index contributed by atoms with van der Waals surface area (Å²) >= 11 is 0. The molecule has 18 heavy (non-hydrogen) atoms. The average molecular weight is 256 g/mol. The van der Waals surface area contributed by atoms with Crippen LogP contribution in [0.1, 0.15) is 58.8 Å². The van der Waals surface area contributed by atoms with E-state index < -0.39 is 0 Å². The third kappa shape index (κ3) is 9.23. The first-order chi connectivity index (χ1) is 8.63. The van der Waals surface area contributed by atoms with Gasteiger partial charge in [0.05, 0.1) is 0 Å². The summed E-state index contributed by atoms with van der Waals surface area (Å²) in [5.41, 5.74) is 0. The van der Waals surface area contributed by atoms with Gasteiger partial charge in [0.25, 0.3) is 0 Å². The maximum absolute atomic E-state index is 11.3. The number of carbonyl (C=O) groups is 1. The second-order valence-electron chi connectivity index (χ2n) is 4.97. The largest absolute Gasteiger partial charge is 0.459 e. The minimum atomic E-state index is -0.321. The molecule has 0 aliphatic heterocycles. The molecule has 0 heterocycles. The van der Waals surface area contributed by atoms with Crippen molar-refractivity contribution >= 4 is 5.97 Å². The van der Waals surface area contributed by atoms with Crippen molar-refractivity contribution in [3.63, 3.8) is 0 Å². The van der Waals surface area contributed by atoms with Gasteiger partial charge in [-0.2, -0.15) is 0 Å². The molecule has 0 aromatic heterocycles. The summed E-state index contributed by atoms with van der Waals surface area (Å²) in [6.07, 6.45) is 8.25. The van der Waals surface area contributed by atoms with E-state index in [-0.39, 0.29) is 18.7 Å². The van der Waals surface area contributed by atoms with Gasteiger partial charge in [0.2, 0.25) is 0 Å². The average Bonchev–Trinajstić information content (AvgIpc) is 2.36. The SMILES string of the molecule is C=CC(=O)OC(CCCC)CC(C)CCCCO. The number of carbonyl (C=O) groups excluding carboxylic acids is 1. The summed E-state index contributed by atoms with van der Waals surface area (Å²) in [6, 6.07) is 0. The zero-order valence-electron chi connectivity index (χ0n) is 11.9. The van der Waals surface area contributed by atoms with E-state index in [1.54, 1.807) is 0 Å². The lowest BCUT2D eigenvalue weighted by Crippen LogP contribution is -2.20. The molecule has 2 atom stereocenters. The van der Waals surface area contributed by atoms with Gasteiger partial charge in [0.1, 0.15) is 6.10 Å². The van der Waals surface area contributed by atoms with Gasteiger partial charge in [-0.3, -0.25) is 0 Å². The highest BCUT2D eigenvalue weighted by molar-refractivity contribution is 5.81. The monoisotopic (exact) mass is 256 g/mol. The molecule has 0 aliphatic carbocycles. The molecule has 0 radical (unpaired) electrons. The predicted octanol–water partition coefficient (Wildman–Crippen LogP) is 3.46. The smallest absolute Gasteiger partial charge is 0.330 e. The summed E-state index contributed by atoms with van der Waals surface area (Å²) in [7, 11) is 0. The molecular weight excluding hydrogens is 228 g/mol. The highest BCUT2D eigenvalue weighted by atomic mass is 16.5. The lowest BCUT2D eigenvalue weighted by atomic mass is 9.95. The zero-order valence-corrected chi connectivity index (χ0v) is 11.9. The number of hydrogen-bond acceptors (Lipinski definition) is 3. The molecular formula is C15H28O3. The van der Waals surface area contributed by atoms with E-state index in [4.69, 9.17) is 9.84 Å². The fourth-order valence-corrected chi connectivity index (χ4v) is 2.04. The molecule has 0 rings (SSSR count). The lowest BCUT2D eigenvalue weighted by molar-refractivity contribution is -0.144. The fourth-order valence-electron chi connectivity index (χ4n) is 2.04. The molecule has 0 spiro atoms. The quantitative estimate of drug-likeness (QED) is 0.350. The topological polar surface area (TPSA) is 46.5 Å². The van der Waals surface area contributed by atoms with E-state index in [2.05, 4.69) is 20.4 Å². The van der Waals surface area contributed by atoms with Gasteiger partial charge >= 0.3 is 5.97 Å². The van der Waals surface area contributed by atoms with Crippen molar-refractivity contribution < 1.29 is 14.6 Å². The molecule has 0 bridgehead atoms. The van der Waals surface area contributed by atoms with Crippen molar-refractivity contribution in [2.45, 2.75) is 64.9 Å². The number of aliphatic hydroxyl groups is 1. The second kappa shape index (κ2) is 11.3. The van der Waals surface area contributed by atoms with Gasteiger partial charge in [-0.1, -0.05) is 46.1 Å². The number of aliphatic hydroxyl groups excluding tert-OH is 1. The van der Waals surface area contributed by atoms with Crippen molar-refractivity contribution in [2.75, 3.05) is 6.61 Å². The van der Waals surface area contributed by atoms with Crippen LogP contribution < -0.4 is 0 Å². The Hall–Kier alpha value is -0.830. The van der Waals surface area contributed by atoms with E-state index in [0.717, 1.165) is 44.9 Å². The summed E-state index contributed by atoms with van der Waals surface area (Å²) in [5.74, 6) is 0.203. The number of ether oxygens (including phenoxy) is 1. The van der Waals surface area contributed by atoms with Crippen LogP contribution in [0.25, 0.3) is 0 Å². The van der Waals surface area contributed by atoms with Crippen molar-refractivity contribution in [3.05, 3.63) is 12.7 Å². The molecule has 2 unspecified atom stereocenters. The van der Waals surface area contributed by atoms with Crippen LogP contribution in [0.3, 0.4) is 0 Å². The Kier molecular flexibility index (Phi) is 10.8. The van der Waals surface area contributed by atoms with E-state index >= 15 is 0 Å². The van der Waals surface area contributed by atoms with Gasteiger partial charge in [0.15, 0.2) is 0 Å². The molecule has 0 saturated carbocycles. The van der Waals surface area contributed by atoms with E-state index in [1.807, 2.05) is 0 Å². The van der Waals surface area contributed by atoms with Crippen LogP contribution in [-0.2, 0) is 9.53 Å². The molecule has 1 N–H and O–H groups in total. The van der Waals surface area contributed by atoms with Gasteiger partial charge < -0.3 is 9.84 Å². The first-order valence-electron chi connectivity index (χ1n) is 7.07. The van der Waals surface area contributed by atoms with Crippen LogP contribution in [-0.4, -0.2) is 23.8 Å². The summed E-state index contributed by atoms with van der Waals surface area (Å²) in [6.45, 7) is 8.01. The van der Waals surface area contributed by atoms with E-state index in [9.17, 15) is 4.79 Å². The fraction of sp³-hybridized carbons (Fsp3) is 0.800. The van der Waals surface area contributed by atoms with Crippen LogP contribution in [0.15, 0.2) is 12.7 Å². The molecule has 0 fully saturated rings. The van der Waals surface area contributed by atoms with Gasteiger partial charge in [0, 0.05) is 12.7 Å². The summed E-state index contributed by atoms with van der Waals surface area (Å²) in [5, 5.41) is 8.75. The maximum Gasteiger partial charge on any atom is 0.330 e. The van der Waals surface area contributed by atoms with Gasteiger partial charge in [-0.05, 0) is 25.2 Å². The first kappa shape index (κ1) is 17.2. The lowest BCUT2D eigenvalue weighted by Gasteiger charge is -2.20. The second-order valence-corrected chi connectivity index (χ2v) is 4.97. The van der Waals surface area contributed by atoms with Crippen LogP contribution in [0.5, 0.6) is 0 Å². The molecule has 0 aromatic carbocycles. The molecule has 0 aromatic rings. The molecule has 3 heteroatoms. The molecule has 3 nitrogen and oxygen atoms in total. The Balaban J connectivity index is 4.03. The standard InChI is InChI=1S/C15H28O3/c1-4-6-10-14(18-15(17)5-2)12-13(3)9-7-8-11-16/h5,13-14,16H,2,4,6-12H2,1,3H3. The first-order valence-corrected chi connectivity index (χ1v) is 7.07. The van der Waals surface area contributed by atoms with Gasteiger partial charge in [-0.25, -0.2) is 4.79 Å². The van der Waals surface area contributed by atoms with Crippen LogP contribution in [0, 0.1) is 5.92 Å². The number of unbranched alkanes of at least 4 members (excludes halogenated alkanes) is 2. The van der Waals surface area contributed by atoms with Crippen molar-refractivity contribution in [3.8, 4) is 0 Å². The number of hydrogen-bond donors (Lipinski definition) is 1. The summed E-state index contributed by atoms with van der Waals surface area (Å²) < 4.78 is 5.37. The maximum atomic E-state index is 11.3. The van der Waals surface area contributed by atoms with E-state index in [1.165, 1.54) is 6.08 Å². The van der Waals surface area contributed by atoms with Crippen molar-refractivity contribution in [2.24, 2.45) is 5.92 Å². The summed E-state index contributed by atoms with van der Waals surface area (Å²) in [4.78, 5) is 11.3. The van der Waals surface area contributed by atoms with Crippen LogP contribution in [0.2, 0.25) is 0 Å². The Labute approximate surface area is 111 Å². The van der Waals surface area contributed by atoms with Gasteiger partial charge in [-0.15, -0.1) is 0 Å². The van der Waals surface area contributed by atoms with Crippen molar-refractivity contribution in [1.82, 2.24) is 0 Å². The Bertz CT molecular complexity index is 226. The minimum absolute atomic E-state index is 0.0135. The predicted molar refractivity (Wildman–Crippen MR) is 74.3 cm³/mol.